The number of hydrogen-bond donors (Lipinski definition) is 0. The first-order valence-electron chi connectivity index (χ1n) is 3.81. The largest absolute Gasteiger partial charge is 0.126 e. The summed E-state index contributed by atoms with van der Waals surface area (Å²) in [6.07, 6.45) is 3.29. The normalized spacial score (nSPS) is 36.7. The summed E-state index contributed by atoms with van der Waals surface area (Å²) in [6, 6.07) is 0. The summed E-state index contributed by atoms with van der Waals surface area (Å²) in [5.41, 5.74) is 0.406. The van der Waals surface area contributed by atoms with Gasteiger partial charge in [-0.25, -0.2) is 0 Å². The van der Waals surface area contributed by atoms with Crippen LogP contribution in [-0.2, 0) is 0 Å². The molecule has 10 heavy (non-hydrogen) atoms. The molecule has 0 heterocycles. The van der Waals surface area contributed by atoms with Crippen molar-refractivity contribution < 1.29 is 0 Å². The van der Waals surface area contributed by atoms with Gasteiger partial charge < -0.3 is 0 Å². The van der Waals surface area contributed by atoms with Crippen molar-refractivity contribution in [2.45, 2.75) is 20.3 Å². The molecule has 2 atom stereocenters. The van der Waals surface area contributed by atoms with E-state index in [0.29, 0.717) is 17.3 Å². The van der Waals surface area contributed by atoms with Gasteiger partial charge in [0.05, 0.1) is 0 Å². The molecular formula is C9H15Cl. The highest BCUT2D eigenvalue weighted by Gasteiger charge is 2.45. The molecular weight excluding hydrogens is 144 g/mol. The first-order chi connectivity index (χ1) is 4.62. The van der Waals surface area contributed by atoms with Crippen LogP contribution in [0, 0.1) is 17.3 Å². The van der Waals surface area contributed by atoms with Crippen LogP contribution >= 0.6 is 11.6 Å². The van der Waals surface area contributed by atoms with E-state index in [1.165, 1.54) is 6.42 Å². The van der Waals surface area contributed by atoms with Crippen LogP contribution in [0.1, 0.15) is 20.3 Å². The zero-order valence-electron chi connectivity index (χ0n) is 6.73. The van der Waals surface area contributed by atoms with E-state index in [1.807, 2.05) is 0 Å². The number of allylic oxidation sites excluding steroid dienone is 1. The van der Waals surface area contributed by atoms with E-state index in [4.69, 9.17) is 11.6 Å². The molecule has 1 heteroatoms. The summed E-state index contributed by atoms with van der Waals surface area (Å²) in [5, 5.41) is 0. The Bertz CT molecular complexity index is 138. The Morgan fingerprint density at radius 3 is 2.60 bits per heavy atom. The fourth-order valence-electron chi connectivity index (χ4n) is 1.72. The third-order valence-corrected chi connectivity index (χ3v) is 3.39. The quantitative estimate of drug-likeness (QED) is 0.428. The molecule has 0 aromatic rings. The lowest BCUT2D eigenvalue weighted by atomic mass is 9.55. The molecule has 58 valence electrons. The molecule has 0 saturated heterocycles. The number of alkyl halides is 1. The van der Waals surface area contributed by atoms with Gasteiger partial charge in [-0.1, -0.05) is 19.9 Å². The Morgan fingerprint density at radius 1 is 1.70 bits per heavy atom. The highest BCUT2D eigenvalue weighted by molar-refractivity contribution is 6.18. The topological polar surface area (TPSA) is 0 Å². The number of rotatable bonds is 2. The van der Waals surface area contributed by atoms with E-state index in [1.54, 1.807) is 0 Å². The van der Waals surface area contributed by atoms with Gasteiger partial charge in [0.1, 0.15) is 0 Å². The smallest absolute Gasteiger partial charge is 0.0257 e. The van der Waals surface area contributed by atoms with E-state index < -0.39 is 0 Å². The van der Waals surface area contributed by atoms with E-state index in [9.17, 15) is 0 Å². The Morgan fingerprint density at radius 2 is 2.30 bits per heavy atom. The SMILES string of the molecule is C=CC1CC(CCl)C1(C)C. The second-order valence-corrected chi connectivity index (χ2v) is 4.06. The van der Waals surface area contributed by atoms with Gasteiger partial charge in [-0.05, 0) is 23.7 Å². The first kappa shape index (κ1) is 8.13. The minimum Gasteiger partial charge on any atom is -0.126 e. The monoisotopic (exact) mass is 158 g/mol. The van der Waals surface area contributed by atoms with Crippen molar-refractivity contribution in [1.82, 2.24) is 0 Å². The molecule has 1 saturated carbocycles. The lowest BCUT2D eigenvalue weighted by Crippen LogP contribution is -2.44. The molecule has 0 aromatic carbocycles. The summed E-state index contributed by atoms with van der Waals surface area (Å²) in [7, 11) is 0. The van der Waals surface area contributed by atoms with Crippen LogP contribution in [0.25, 0.3) is 0 Å². The van der Waals surface area contributed by atoms with Gasteiger partial charge in [0.15, 0.2) is 0 Å². The van der Waals surface area contributed by atoms with Crippen LogP contribution in [0.3, 0.4) is 0 Å². The molecule has 0 N–H and O–H groups in total. The third kappa shape index (κ3) is 0.989. The van der Waals surface area contributed by atoms with Gasteiger partial charge in [-0.2, -0.15) is 0 Å². The van der Waals surface area contributed by atoms with Crippen molar-refractivity contribution in [1.29, 1.82) is 0 Å². The van der Waals surface area contributed by atoms with Crippen molar-refractivity contribution in [2.24, 2.45) is 17.3 Å². The summed E-state index contributed by atoms with van der Waals surface area (Å²) in [6.45, 7) is 8.35. The Kier molecular flexibility index (Phi) is 2.10. The van der Waals surface area contributed by atoms with Gasteiger partial charge in [-0.3, -0.25) is 0 Å². The van der Waals surface area contributed by atoms with Gasteiger partial charge in [0.25, 0.3) is 0 Å². The lowest BCUT2D eigenvalue weighted by molar-refractivity contribution is 0.0287. The molecule has 0 spiro atoms. The molecule has 0 aromatic heterocycles. The van der Waals surface area contributed by atoms with Gasteiger partial charge in [0.2, 0.25) is 0 Å². The second kappa shape index (κ2) is 2.58. The Labute approximate surface area is 68.3 Å². The van der Waals surface area contributed by atoms with Crippen LogP contribution in [0.5, 0.6) is 0 Å². The second-order valence-electron chi connectivity index (χ2n) is 3.75. The minimum atomic E-state index is 0.406. The van der Waals surface area contributed by atoms with Crippen molar-refractivity contribution >= 4 is 11.6 Å². The van der Waals surface area contributed by atoms with Crippen LogP contribution in [0.15, 0.2) is 12.7 Å². The molecule has 0 radical (unpaired) electrons. The predicted octanol–water partition coefficient (Wildman–Crippen LogP) is 3.07. The molecule has 1 aliphatic rings. The van der Waals surface area contributed by atoms with Crippen molar-refractivity contribution in [3.63, 3.8) is 0 Å². The van der Waals surface area contributed by atoms with Crippen LogP contribution in [0.2, 0.25) is 0 Å². The summed E-state index contributed by atoms with van der Waals surface area (Å²) in [4.78, 5) is 0. The average molecular weight is 159 g/mol. The highest BCUT2D eigenvalue weighted by atomic mass is 35.5. The van der Waals surface area contributed by atoms with Crippen LogP contribution in [0.4, 0.5) is 0 Å². The van der Waals surface area contributed by atoms with E-state index in [0.717, 1.165) is 5.88 Å². The molecule has 2 unspecified atom stereocenters. The molecule has 1 rings (SSSR count). The van der Waals surface area contributed by atoms with E-state index >= 15 is 0 Å². The molecule has 0 amide bonds. The maximum absolute atomic E-state index is 5.78. The Hall–Kier alpha value is 0.0300. The maximum Gasteiger partial charge on any atom is 0.0257 e. The van der Waals surface area contributed by atoms with E-state index in [2.05, 4.69) is 26.5 Å². The molecule has 0 aliphatic heterocycles. The summed E-state index contributed by atoms with van der Waals surface area (Å²) < 4.78 is 0. The maximum atomic E-state index is 5.78. The zero-order chi connectivity index (χ0) is 7.78. The summed E-state index contributed by atoms with van der Waals surface area (Å²) in [5.74, 6) is 2.20. The molecule has 0 nitrogen and oxygen atoms in total. The van der Waals surface area contributed by atoms with Gasteiger partial charge >= 0.3 is 0 Å². The predicted molar refractivity (Wildman–Crippen MR) is 46.3 cm³/mol. The molecule has 1 aliphatic carbocycles. The van der Waals surface area contributed by atoms with Crippen LogP contribution < -0.4 is 0 Å². The first-order valence-corrected chi connectivity index (χ1v) is 4.35. The van der Waals surface area contributed by atoms with Crippen molar-refractivity contribution in [3.8, 4) is 0 Å². The lowest BCUT2D eigenvalue weighted by Gasteiger charge is -2.50. The standard InChI is InChI=1S/C9H15Cl/c1-4-7-5-8(6-10)9(7,2)3/h4,7-8H,1,5-6H2,2-3H3. The number of hydrogen-bond acceptors (Lipinski definition) is 0. The summed E-state index contributed by atoms with van der Waals surface area (Å²) >= 11 is 5.78. The van der Waals surface area contributed by atoms with E-state index in [-0.39, 0.29) is 0 Å². The minimum absolute atomic E-state index is 0.406. The molecule has 1 fully saturated rings. The molecule has 0 bridgehead atoms. The average Bonchev–Trinajstić information content (AvgIpc) is 1.88. The van der Waals surface area contributed by atoms with Gasteiger partial charge in [-0.15, -0.1) is 18.2 Å². The highest BCUT2D eigenvalue weighted by Crippen LogP contribution is 2.51. The Balaban J connectivity index is 2.55. The van der Waals surface area contributed by atoms with Crippen molar-refractivity contribution in [3.05, 3.63) is 12.7 Å². The van der Waals surface area contributed by atoms with Crippen molar-refractivity contribution in [2.75, 3.05) is 5.88 Å². The fraction of sp³-hybridized carbons (Fsp3) is 0.778. The fourth-order valence-corrected chi connectivity index (χ4v) is 2.24. The number of halogens is 1. The third-order valence-electron chi connectivity index (χ3n) is 3.02. The zero-order valence-corrected chi connectivity index (χ0v) is 7.49. The van der Waals surface area contributed by atoms with Gasteiger partial charge in [0, 0.05) is 5.88 Å². The van der Waals surface area contributed by atoms with Crippen LogP contribution in [-0.4, -0.2) is 5.88 Å².